The summed E-state index contributed by atoms with van der Waals surface area (Å²) in [6, 6.07) is 12.2. The number of rotatable bonds is 8. The van der Waals surface area contributed by atoms with Gasteiger partial charge in [-0.15, -0.1) is 0 Å². The molecule has 0 saturated carbocycles. The number of halogens is 1. The third-order valence-corrected chi connectivity index (χ3v) is 7.67. The molecular weight excluding hydrogens is 455 g/mol. The van der Waals surface area contributed by atoms with E-state index in [4.69, 9.17) is 5.73 Å². The molecule has 3 aromatic rings. The summed E-state index contributed by atoms with van der Waals surface area (Å²) in [5, 5.41) is 0.857. The topological polar surface area (TPSA) is 88.6 Å². The minimum atomic E-state index is -3.52. The summed E-state index contributed by atoms with van der Waals surface area (Å²) in [5.74, 6) is -0.452. The van der Waals surface area contributed by atoms with Crippen LogP contribution in [0.1, 0.15) is 27.2 Å². The molecule has 182 valence electrons. The quantitative estimate of drug-likeness (QED) is 0.529. The molecule has 0 radical (unpaired) electrons. The number of nitrogens with zero attached hydrogens (tertiary/aromatic N) is 3. The molecule has 0 bridgehead atoms. The number of sulfonamides is 1. The van der Waals surface area contributed by atoms with Crippen molar-refractivity contribution >= 4 is 26.8 Å². The second-order valence-corrected chi connectivity index (χ2v) is 10.7. The fourth-order valence-corrected chi connectivity index (χ4v) is 4.81. The number of nitrogens with two attached hydrogens (primary N) is 1. The Morgan fingerprint density at radius 2 is 1.74 bits per heavy atom. The minimum absolute atomic E-state index is 0.0422. The van der Waals surface area contributed by atoms with Crippen LogP contribution in [0.4, 0.5) is 4.39 Å². The van der Waals surface area contributed by atoms with Crippen LogP contribution in [0, 0.1) is 6.92 Å². The van der Waals surface area contributed by atoms with E-state index in [1.807, 2.05) is 23.6 Å². The average Bonchev–Trinajstić information content (AvgIpc) is 3.04. The lowest BCUT2D eigenvalue weighted by Gasteiger charge is -2.12. The highest BCUT2D eigenvalue weighted by Crippen LogP contribution is 2.30. The van der Waals surface area contributed by atoms with Gasteiger partial charge in [-0.25, -0.2) is 17.1 Å². The van der Waals surface area contributed by atoms with Gasteiger partial charge in [-0.3, -0.25) is 4.79 Å². The number of hydrogen-bond acceptors (Lipinski definition) is 4. The molecule has 34 heavy (non-hydrogen) atoms. The zero-order valence-corrected chi connectivity index (χ0v) is 21.0. The third-order valence-electron chi connectivity index (χ3n) is 5.84. The molecule has 0 aliphatic rings. The molecule has 1 heterocycles. The van der Waals surface area contributed by atoms with Gasteiger partial charge in [0.1, 0.15) is 5.83 Å². The Bertz CT molecular complexity index is 1340. The van der Waals surface area contributed by atoms with E-state index in [2.05, 4.69) is 0 Å². The lowest BCUT2D eigenvalue weighted by atomic mass is 10.0. The molecule has 1 aromatic heterocycles. The molecule has 0 atom stereocenters. The molecule has 0 aliphatic heterocycles. The van der Waals surface area contributed by atoms with E-state index in [9.17, 15) is 17.6 Å². The lowest BCUT2D eigenvalue weighted by molar-refractivity contribution is 0.0827. The molecule has 1 amide bonds. The first-order valence-electron chi connectivity index (χ1n) is 10.9. The summed E-state index contributed by atoms with van der Waals surface area (Å²) in [6.45, 7) is 2.07. The van der Waals surface area contributed by atoms with Crippen molar-refractivity contribution in [2.75, 3.05) is 34.7 Å². The van der Waals surface area contributed by atoms with Crippen molar-refractivity contribution in [3.05, 3.63) is 76.8 Å². The summed E-state index contributed by atoms with van der Waals surface area (Å²) in [4.78, 5) is 14.3. The first-order chi connectivity index (χ1) is 16.0. The first kappa shape index (κ1) is 25.6. The Morgan fingerprint density at radius 3 is 2.29 bits per heavy atom. The van der Waals surface area contributed by atoms with Gasteiger partial charge in [-0.2, -0.15) is 0 Å². The number of hydrogen-bond donors (Lipinski definition) is 1. The van der Waals surface area contributed by atoms with Crippen molar-refractivity contribution in [1.82, 2.24) is 13.8 Å². The third kappa shape index (κ3) is 5.06. The predicted octanol–water partition coefficient (Wildman–Crippen LogP) is 3.30. The molecule has 0 unspecified atom stereocenters. The fraction of sp³-hybridized carbons (Fsp3) is 0.320. The minimum Gasteiger partial charge on any atom is -0.345 e. The molecule has 2 aromatic carbocycles. The second-order valence-electron chi connectivity index (χ2n) is 8.58. The van der Waals surface area contributed by atoms with E-state index < -0.39 is 10.0 Å². The number of carbonyl (C=O) groups excluding carboxylic acids is 1. The van der Waals surface area contributed by atoms with Crippen molar-refractivity contribution < 1.29 is 17.6 Å². The van der Waals surface area contributed by atoms with Gasteiger partial charge in [0.2, 0.25) is 10.0 Å². The predicted molar refractivity (Wildman–Crippen MR) is 133 cm³/mol. The smallest absolute Gasteiger partial charge is 0.253 e. The molecule has 0 fully saturated rings. The van der Waals surface area contributed by atoms with Crippen molar-refractivity contribution in [2.45, 2.75) is 24.8 Å². The molecule has 7 nitrogen and oxygen atoms in total. The molecule has 2 N–H and O–H groups in total. The maximum absolute atomic E-state index is 14.4. The van der Waals surface area contributed by atoms with Gasteiger partial charge in [0.15, 0.2) is 0 Å². The van der Waals surface area contributed by atoms with Crippen LogP contribution in [-0.2, 0) is 23.0 Å². The van der Waals surface area contributed by atoms with Crippen LogP contribution in [0.15, 0.2) is 59.3 Å². The summed E-state index contributed by atoms with van der Waals surface area (Å²) >= 11 is 0. The number of carbonyl (C=O) groups is 1. The van der Waals surface area contributed by atoms with Crippen molar-refractivity contribution in [1.29, 1.82) is 0 Å². The normalized spacial score (nSPS) is 12.5. The maximum atomic E-state index is 14.4. The number of amides is 1. The molecule has 0 aliphatic carbocycles. The van der Waals surface area contributed by atoms with Gasteiger partial charge >= 0.3 is 0 Å². The highest BCUT2D eigenvalue weighted by atomic mass is 32.2. The number of fused-ring (bicyclic) bond motifs is 1. The highest BCUT2D eigenvalue weighted by Gasteiger charge is 2.20. The van der Waals surface area contributed by atoms with Crippen LogP contribution < -0.4 is 5.73 Å². The Morgan fingerprint density at radius 1 is 1.09 bits per heavy atom. The zero-order chi connectivity index (χ0) is 25.2. The Labute approximate surface area is 200 Å². The summed E-state index contributed by atoms with van der Waals surface area (Å²) in [7, 11) is 2.86. The summed E-state index contributed by atoms with van der Waals surface area (Å²) in [6.07, 6.45) is 1.85. The van der Waals surface area contributed by atoms with E-state index >= 15 is 0 Å². The SMILES string of the molecule is Cc1c(Cc2ccc(S(=O)(=O)N(C)C)cc2)c2cc(C(=O)N(C)C)ccc2n1C/C(F)=C/CN. The molecular formula is C25H31FN4O3S. The van der Waals surface area contributed by atoms with E-state index in [1.165, 1.54) is 29.4 Å². The fourth-order valence-electron chi connectivity index (χ4n) is 3.91. The van der Waals surface area contributed by atoms with Crippen LogP contribution >= 0.6 is 0 Å². The molecule has 0 saturated heterocycles. The number of benzene rings is 2. The van der Waals surface area contributed by atoms with Crippen LogP contribution in [-0.4, -0.2) is 62.8 Å². The summed E-state index contributed by atoms with van der Waals surface area (Å²) in [5.41, 5.74) is 9.55. The van der Waals surface area contributed by atoms with E-state index in [0.29, 0.717) is 12.0 Å². The van der Waals surface area contributed by atoms with Crippen molar-refractivity contribution in [3.63, 3.8) is 0 Å². The van der Waals surface area contributed by atoms with Gasteiger partial charge in [0.25, 0.3) is 5.91 Å². The van der Waals surface area contributed by atoms with Gasteiger partial charge < -0.3 is 15.2 Å². The first-order valence-corrected chi connectivity index (χ1v) is 12.3. The Balaban J connectivity index is 2.11. The highest BCUT2D eigenvalue weighted by molar-refractivity contribution is 7.89. The van der Waals surface area contributed by atoms with Crippen LogP contribution in [0.2, 0.25) is 0 Å². The van der Waals surface area contributed by atoms with Crippen LogP contribution in [0.3, 0.4) is 0 Å². The average molecular weight is 487 g/mol. The van der Waals surface area contributed by atoms with Gasteiger partial charge in [0.05, 0.1) is 11.4 Å². The zero-order valence-electron chi connectivity index (χ0n) is 20.2. The van der Waals surface area contributed by atoms with Crippen molar-refractivity contribution in [3.8, 4) is 0 Å². The Hall–Kier alpha value is -3.01. The molecule has 9 heteroatoms. The maximum Gasteiger partial charge on any atom is 0.253 e. The van der Waals surface area contributed by atoms with Crippen LogP contribution in [0.25, 0.3) is 10.9 Å². The largest absolute Gasteiger partial charge is 0.345 e. The van der Waals surface area contributed by atoms with Gasteiger partial charge in [-0.05, 0) is 60.9 Å². The Kier molecular flexibility index (Phi) is 7.60. The second kappa shape index (κ2) is 10.1. The molecule has 3 rings (SSSR count). The number of allylic oxidation sites excluding steroid dienone is 1. The van der Waals surface area contributed by atoms with E-state index in [-0.39, 0.29) is 29.7 Å². The van der Waals surface area contributed by atoms with Crippen LogP contribution in [0.5, 0.6) is 0 Å². The monoisotopic (exact) mass is 486 g/mol. The van der Waals surface area contributed by atoms with E-state index in [0.717, 1.165) is 27.7 Å². The van der Waals surface area contributed by atoms with Gasteiger partial charge in [-0.1, -0.05) is 12.1 Å². The van der Waals surface area contributed by atoms with Crippen molar-refractivity contribution in [2.24, 2.45) is 5.73 Å². The summed E-state index contributed by atoms with van der Waals surface area (Å²) < 4.78 is 42.2. The number of aromatic nitrogens is 1. The lowest BCUT2D eigenvalue weighted by Crippen LogP contribution is -2.22. The van der Waals surface area contributed by atoms with Gasteiger partial charge in [0, 0.05) is 56.9 Å². The standard InChI is InChI=1S/C25H31FN4O3S/c1-17-22(14-18-6-9-21(10-7-18)34(32,33)29(4)5)23-15-19(25(31)28(2)3)8-11-24(23)30(17)16-20(26)12-13-27/h6-12,15H,13-14,16,27H2,1-5H3/b20-12-. The van der Waals surface area contributed by atoms with E-state index in [1.54, 1.807) is 44.4 Å². The molecule has 0 spiro atoms.